The minimum absolute atomic E-state index is 0.108. The van der Waals surface area contributed by atoms with Gasteiger partial charge in [0.05, 0.1) is 12.6 Å². The van der Waals surface area contributed by atoms with Gasteiger partial charge in [0, 0.05) is 11.1 Å². The minimum atomic E-state index is -0.340. The summed E-state index contributed by atoms with van der Waals surface area (Å²) in [6.07, 6.45) is 2.47. The van der Waals surface area contributed by atoms with Crippen molar-refractivity contribution in [1.82, 2.24) is 9.88 Å². The lowest BCUT2D eigenvalue weighted by Crippen LogP contribution is -2.35. The Morgan fingerprint density at radius 2 is 2.07 bits per heavy atom. The number of hydrogen-bond donors (Lipinski definition) is 1. The van der Waals surface area contributed by atoms with E-state index in [9.17, 15) is 9.59 Å². The summed E-state index contributed by atoms with van der Waals surface area (Å²) >= 11 is 1.60. The van der Waals surface area contributed by atoms with E-state index >= 15 is 0 Å². The van der Waals surface area contributed by atoms with Crippen LogP contribution in [0.3, 0.4) is 0 Å². The fourth-order valence-electron chi connectivity index (χ4n) is 3.40. The second-order valence-corrected chi connectivity index (χ2v) is 7.92. The number of aryl methyl sites for hydroxylation is 1. The molecule has 1 unspecified atom stereocenters. The van der Waals surface area contributed by atoms with Crippen molar-refractivity contribution < 1.29 is 14.3 Å². The average Bonchev–Trinajstić information content (AvgIpc) is 3.40. The first-order valence-corrected chi connectivity index (χ1v) is 10.4. The number of hydrogen-bond acceptors (Lipinski definition) is 5. The lowest BCUT2D eigenvalue weighted by atomic mass is 10.1. The molecule has 0 saturated carbocycles. The van der Waals surface area contributed by atoms with Gasteiger partial charge in [-0.2, -0.15) is 0 Å². The van der Waals surface area contributed by atoms with Gasteiger partial charge in [0.1, 0.15) is 5.56 Å². The number of ether oxygens (including phenoxy) is 2. The zero-order valence-corrected chi connectivity index (χ0v) is 17.1. The van der Waals surface area contributed by atoms with Crippen molar-refractivity contribution in [3.8, 4) is 11.5 Å². The number of rotatable bonds is 6. The van der Waals surface area contributed by atoms with Crippen molar-refractivity contribution in [3.63, 3.8) is 0 Å². The fraction of sp³-hybridized carbons (Fsp3) is 0.273. The maximum absolute atomic E-state index is 13.1. The van der Waals surface area contributed by atoms with E-state index in [1.165, 1.54) is 0 Å². The molecule has 1 aliphatic rings. The molecule has 4 rings (SSSR count). The summed E-state index contributed by atoms with van der Waals surface area (Å²) in [5, 5.41) is 5.00. The second-order valence-electron chi connectivity index (χ2n) is 6.94. The number of nitrogens with zero attached hydrogens (tertiary/aromatic N) is 1. The van der Waals surface area contributed by atoms with Gasteiger partial charge in [-0.3, -0.25) is 9.59 Å². The van der Waals surface area contributed by atoms with Crippen LogP contribution in [0.2, 0.25) is 0 Å². The van der Waals surface area contributed by atoms with Crippen LogP contribution in [0, 0.1) is 6.92 Å². The first-order valence-electron chi connectivity index (χ1n) is 9.49. The number of amides is 1. The first-order chi connectivity index (χ1) is 14.1. The Labute approximate surface area is 172 Å². The monoisotopic (exact) mass is 410 g/mol. The van der Waals surface area contributed by atoms with Crippen molar-refractivity contribution in [3.05, 3.63) is 79.9 Å². The topological polar surface area (TPSA) is 69.6 Å². The smallest absolute Gasteiger partial charge is 0.263 e. The van der Waals surface area contributed by atoms with E-state index < -0.39 is 0 Å². The molecule has 3 aromatic rings. The molecule has 1 atom stereocenters. The van der Waals surface area contributed by atoms with Crippen LogP contribution in [0.5, 0.6) is 11.5 Å². The molecule has 0 aliphatic carbocycles. The van der Waals surface area contributed by atoms with Gasteiger partial charge in [-0.25, -0.2) is 0 Å². The maximum atomic E-state index is 13.1. The molecule has 0 fully saturated rings. The Bertz CT molecular complexity index is 1090. The molecule has 150 valence electrons. The number of carbonyl (C=O) groups is 1. The van der Waals surface area contributed by atoms with Gasteiger partial charge in [-0.15, -0.1) is 11.3 Å². The number of benzene rings is 1. The fourth-order valence-corrected chi connectivity index (χ4v) is 4.26. The molecule has 0 spiro atoms. The summed E-state index contributed by atoms with van der Waals surface area (Å²) in [5.41, 5.74) is 1.44. The highest BCUT2D eigenvalue weighted by molar-refractivity contribution is 7.10. The third kappa shape index (κ3) is 3.91. The molecular formula is C22H22N2O4S. The highest BCUT2D eigenvalue weighted by Gasteiger charge is 2.21. The molecule has 3 heterocycles. The van der Waals surface area contributed by atoms with Crippen LogP contribution in [0.15, 0.2) is 52.8 Å². The SMILES string of the molecule is CCC(NC(=O)c1c(C)ccn(Cc2ccc3c(c2)OCO3)c1=O)c1cccs1. The van der Waals surface area contributed by atoms with Crippen LogP contribution in [0.1, 0.15) is 45.7 Å². The van der Waals surface area contributed by atoms with Crippen molar-refractivity contribution in [2.45, 2.75) is 32.9 Å². The van der Waals surface area contributed by atoms with E-state index in [1.54, 1.807) is 35.1 Å². The predicted molar refractivity (Wildman–Crippen MR) is 112 cm³/mol. The number of fused-ring (bicyclic) bond motifs is 1. The molecule has 1 N–H and O–H groups in total. The molecule has 7 heteroatoms. The third-order valence-electron chi connectivity index (χ3n) is 4.99. The van der Waals surface area contributed by atoms with Crippen LogP contribution >= 0.6 is 11.3 Å². The van der Waals surface area contributed by atoms with Crippen LogP contribution in [-0.2, 0) is 6.54 Å². The standard InChI is InChI=1S/C22H22N2O4S/c1-3-16(19-5-4-10-29-19)23-21(25)20-14(2)8-9-24(22(20)26)12-15-6-7-17-18(11-15)28-13-27-17/h4-11,16H,3,12-13H2,1-2H3,(H,23,25). The Morgan fingerprint density at radius 1 is 1.24 bits per heavy atom. The minimum Gasteiger partial charge on any atom is -0.454 e. The van der Waals surface area contributed by atoms with Crippen LogP contribution in [0.4, 0.5) is 0 Å². The van der Waals surface area contributed by atoms with Crippen molar-refractivity contribution >= 4 is 17.2 Å². The van der Waals surface area contributed by atoms with Gasteiger partial charge in [-0.05, 0) is 54.1 Å². The normalized spacial score (nSPS) is 13.3. The summed E-state index contributed by atoms with van der Waals surface area (Å²) in [4.78, 5) is 27.1. The van der Waals surface area contributed by atoms with Crippen LogP contribution < -0.4 is 20.3 Å². The average molecular weight is 410 g/mol. The molecule has 6 nitrogen and oxygen atoms in total. The van der Waals surface area contributed by atoms with Gasteiger partial charge in [0.25, 0.3) is 11.5 Å². The lowest BCUT2D eigenvalue weighted by molar-refractivity contribution is 0.0933. The summed E-state index contributed by atoms with van der Waals surface area (Å²) in [6.45, 7) is 4.35. The maximum Gasteiger partial charge on any atom is 0.263 e. The molecule has 0 radical (unpaired) electrons. The van der Waals surface area contributed by atoms with Gasteiger partial charge in [0.2, 0.25) is 6.79 Å². The summed E-state index contributed by atoms with van der Waals surface area (Å²) in [7, 11) is 0. The van der Waals surface area contributed by atoms with Crippen LogP contribution in [-0.4, -0.2) is 17.3 Å². The number of carbonyl (C=O) groups excluding carboxylic acids is 1. The quantitative estimate of drug-likeness (QED) is 0.670. The van der Waals surface area contributed by atoms with E-state index in [2.05, 4.69) is 5.32 Å². The summed E-state index contributed by atoms with van der Waals surface area (Å²) in [6, 6.07) is 11.2. The molecule has 1 aliphatic heterocycles. The van der Waals surface area contributed by atoms with E-state index in [4.69, 9.17) is 9.47 Å². The molecule has 29 heavy (non-hydrogen) atoms. The van der Waals surface area contributed by atoms with Crippen molar-refractivity contribution in [2.24, 2.45) is 0 Å². The molecular weight excluding hydrogens is 388 g/mol. The highest BCUT2D eigenvalue weighted by Crippen LogP contribution is 2.32. The van der Waals surface area contributed by atoms with Crippen molar-refractivity contribution in [2.75, 3.05) is 6.79 Å². The number of aromatic nitrogens is 1. The van der Waals surface area contributed by atoms with E-state index in [1.807, 2.05) is 42.6 Å². The molecule has 1 amide bonds. The summed E-state index contributed by atoms with van der Waals surface area (Å²) in [5.74, 6) is 1.03. The van der Waals surface area contributed by atoms with Gasteiger partial charge >= 0.3 is 0 Å². The third-order valence-corrected chi connectivity index (χ3v) is 5.98. The summed E-state index contributed by atoms with van der Waals surface area (Å²) < 4.78 is 12.3. The molecule has 0 bridgehead atoms. The Kier molecular flexibility index (Phi) is 5.40. The van der Waals surface area contributed by atoms with Crippen molar-refractivity contribution in [1.29, 1.82) is 0 Å². The van der Waals surface area contributed by atoms with Gasteiger partial charge in [-0.1, -0.05) is 19.1 Å². The Hall–Kier alpha value is -3.06. The van der Waals surface area contributed by atoms with Gasteiger partial charge < -0.3 is 19.4 Å². The lowest BCUT2D eigenvalue weighted by Gasteiger charge is -2.17. The number of pyridine rings is 1. The van der Waals surface area contributed by atoms with Crippen LogP contribution in [0.25, 0.3) is 0 Å². The largest absolute Gasteiger partial charge is 0.454 e. The zero-order valence-electron chi connectivity index (χ0n) is 16.3. The highest BCUT2D eigenvalue weighted by atomic mass is 32.1. The van der Waals surface area contributed by atoms with Gasteiger partial charge in [0.15, 0.2) is 11.5 Å². The second kappa shape index (κ2) is 8.13. The molecule has 0 saturated heterocycles. The Balaban J connectivity index is 1.59. The predicted octanol–water partition coefficient (Wildman–Crippen LogP) is 3.88. The van der Waals surface area contributed by atoms with E-state index in [0.29, 0.717) is 23.6 Å². The Morgan fingerprint density at radius 3 is 2.83 bits per heavy atom. The number of thiophene rings is 1. The van der Waals surface area contributed by atoms with E-state index in [-0.39, 0.29) is 29.9 Å². The molecule has 1 aromatic carbocycles. The zero-order chi connectivity index (χ0) is 20.4. The first kappa shape index (κ1) is 19.3. The number of nitrogens with one attached hydrogen (secondary N) is 1. The van der Waals surface area contributed by atoms with E-state index in [0.717, 1.165) is 16.9 Å². The molecule has 2 aromatic heterocycles.